The van der Waals surface area contributed by atoms with Crippen molar-refractivity contribution in [2.45, 2.75) is 23.9 Å². The van der Waals surface area contributed by atoms with Crippen LogP contribution < -0.4 is 0 Å². The number of sulfonamides is 1. The topological polar surface area (TPSA) is 57.7 Å². The van der Waals surface area contributed by atoms with Crippen molar-refractivity contribution < 1.29 is 26.4 Å². The van der Waals surface area contributed by atoms with Crippen LogP contribution in [-0.4, -0.2) is 56.9 Å². The maximum Gasteiger partial charge on any atom is 0.393 e. The summed E-state index contributed by atoms with van der Waals surface area (Å²) in [5.74, 6) is -2.15. The predicted molar refractivity (Wildman–Crippen MR) is 89.7 cm³/mol. The van der Waals surface area contributed by atoms with Crippen molar-refractivity contribution in [1.29, 1.82) is 0 Å². The summed E-state index contributed by atoms with van der Waals surface area (Å²) in [6.45, 7) is -0.189. The molecule has 10 heteroatoms. The van der Waals surface area contributed by atoms with Gasteiger partial charge in [0, 0.05) is 37.2 Å². The number of hydrogen-bond acceptors (Lipinski definition) is 3. The molecule has 1 saturated heterocycles. The number of nitrogens with zero attached hydrogens (tertiary/aromatic N) is 2. The van der Waals surface area contributed by atoms with Crippen molar-refractivity contribution >= 4 is 31.9 Å². The Hall–Kier alpha value is -1.13. The number of alkyl halides is 3. The highest BCUT2D eigenvalue weighted by molar-refractivity contribution is 9.10. The molecule has 1 amide bonds. The minimum Gasteiger partial charge on any atom is -0.338 e. The predicted octanol–water partition coefficient (Wildman–Crippen LogP) is 3.11. The number of rotatable bonds is 3. The van der Waals surface area contributed by atoms with Crippen LogP contribution in [0.5, 0.6) is 0 Å². The van der Waals surface area contributed by atoms with Gasteiger partial charge in [0.05, 0.1) is 10.8 Å². The first-order chi connectivity index (χ1) is 11.4. The average Bonchev–Trinajstić information content (AvgIpc) is 2.53. The van der Waals surface area contributed by atoms with Crippen molar-refractivity contribution in [1.82, 2.24) is 9.21 Å². The van der Waals surface area contributed by atoms with Crippen LogP contribution in [-0.2, 0) is 10.0 Å². The number of hydrogen-bond donors (Lipinski definition) is 0. The molecule has 0 bridgehead atoms. The van der Waals surface area contributed by atoms with Gasteiger partial charge in [0.1, 0.15) is 0 Å². The smallest absolute Gasteiger partial charge is 0.338 e. The van der Waals surface area contributed by atoms with Crippen LogP contribution in [0.2, 0.25) is 0 Å². The average molecular weight is 443 g/mol. The van der Waals surface area contributed by atoms with Crippen molar-refractivity contribution in [2.24, 2.45) is 5.92 Å². The number of benzene rings is 1. The van der Waals surface area contributed by atoms with Crippen molar-refractivity contribution in [3.8, 4) is 0 Å². The Balaban J connectivity index is 2.31. The van der Waals surface area contributed by atoms with E-state index in [0.29, 0.717) is 0 Å². The van der Waals surface area contributed by atoms with Crippen LogP contribution in [0.1, 0.15) is 23.2 Å². The highest BCUT2D eigenvalue weighted by Gasteiger charge is 2.42. The van der Waals surface area contributed by atoms with Gasteiger partial charge in [-0.15, -0.1) is 0 Å². The summed E-state index contributed by atoms with van der Waals surface area (Å²) >= 11 is 3.14. The molecular weight excluding hydrogens is 425 g/mol. The molecule has 1 atom stereocenters. The van der Waals surface area contributed by atoms with Crippen LogP contribution in [0, 0.1) is 5.92 Å². The monoisotopic (exact) mass is 442 g/mol. The van der Waals surface area contributed by atoms with Crippen molar-refractivity contribution in [3.63, 3.8) is 0 Å². The van der Waals surface area contributed by atoms with Gasteiger partial charge in [-0.25, -0.2) is 12.7 Å². The number of amides is 1. The van der Waals surface area contributed by atoms with Crippen LogP contribution in [0.3, 0.4) is 0 Å². The molecule has 1 aliphatic heterocycles. The second kappa shape index (κ2) is 7.24. The fraction of sp³-hybridized carbons (Fsp3) is 0.533. The summed E-state index contributed by atoms with van der Waals surface area (Å²) in [4.78, 5) is 13.6. The van der Waals surface area contributed by atoms with Gasteiger partial charge in [0.15, 0.2) is 0 Å². The Labute approximate surface area is 153 Å². The van der Waals surface area contributed by atoms with Crippen LogP contribution >= 0.6 is 15.9 Å². The van der Waals surface area contributed by atoms with E-state index in [4.69, 9.17) is 0 Å². The Kier molecular flexibility index (Phi) is 5.85. The zero-order chi connectivity index (χ0) is 19.0. The van der Waals surface area contributed by atoms with Gasteiger partial charge in [-0.05, 0) is 47.0 Å². The van der Waals surface area contributed by atoms with E-state index in [0.717, 1.165) is 9.21 Å². The molecule has 0 saturated carbocycles. The molecule has 140 valence electrons. The fourth-order valence-corrected chi connectivity index (χ4v) is 4.49. The molecule has 0 N–H and O–H groups in total. The lowest BCUT2D eigenvalue weighted by Crippen LogP contribution is -2.44. The molecule has 5 nitrogen and oxygen atoms in total. The zero-order valence-electron chi connectivity index (χ0n) is 13.7. The standard InChI is InChI=1S/C15H18BrF3N2O3S/c1-20(2)25(23,24)13-8-10(5-6-12(13)16)14(22)21-7-3-4-11(9-21)15(17,18)19/h5-6,8,11H,3-4,7,9H2,1-2H3. The van der Waals surface area contributed by atoms with E-state index < -0.39 is 34.6 Å². The molecular formula is C15H18BrF3N2O3S. The molecule has 1 aliphatic rings. The molecule has 1 fully saturated rings. The lowest BCUT2D eigenvalue weighted by Gasteiger charge is -2.33. The third-order valence-electron chi connectivity index (χ3n) is 4.11. The minimum atomic E-state index is -4.35. The number of carbonyl (C=O) groups is 1. The highest BCUT2D eigenvalue weighted by atomic mass is 79.9. The first kappa shape index (κ1) is 20.2. The van der Waals surface area contributed by atoms with Gasteiger partial charge in [-0.1, -0.05) is 0 Å². The molecule has 25 heavy (non-hydrogen) atoms. The highest BCUT2D eigenvalue weighted by Crippen LogP contribution is 2.34. The number of likely N-dealkylation sites (tertiary alicyclic amines) is 1. The van der Waals surface area contributed by atoms with Gasteiger partial charge in [0.25, 0.3) is 5.91 Å². The quantitative estimate of drug-likeness (QED) is 0.722. The first-order valence-corrected chi connectivity index (χ1v) is 9.76. The van der Waals surface area contributed by atoms with Crippen molar-refractivity contribution in [2.75, 3.05) is 27.2 Å². The number of halogens is 4. The summed E-state index contributed by atoms with van der Waals surface area (Å²) in [7, 11) is -1.08. The Morgan fingerprint density at radius 2 is 1.96 bits per heavy atom. The third-order valence-corrected chi connectivity index (χ3v) is 6.92. The van der Waals surface area contributed by atoms with E-state index in [9.17, 15) is 26.4 Å². The van der Waals surface area contributed by atoms with E-state index >= 15 is 0 Å². The summed E-state index contributed by atoms with van der Waals surface area (Å²) in [5.41, 5.74) is 0.0476. The Bertz CT molecular complexity index is 766. The SMILES string of the molecule is CN(C)S(=O)(=O)c1cc(C(=O)N2CCCC(C(F)(F)F)C2)ccc1Br. The molecule has 0 aromatic heterocycles. The molecule has 2 rings (SSSR count). The normalized spacial score (nSPS) is 19.3. The van der Waals surface area contributed by atoms with Gasteiger partial charge in [0.2, 0.25) is 10.0 Å². The molecule has 0 radical (unpaired) electrons. The van der Waals surface area contributed by atoms with Gasteiger partial charge >= 0.3 is 6.18 Å². The van der Waals surface area contributed by atoms with E-state index in [1.807, 2.05) is 0 Å². The maximum absolute atomic E-state index is 12.9. The van der Waals surface area contributed by atoms with E-state index in [-0.39, 0.29) is 34.3 Å². The van der Waals surface area contributed by atoms with Crippen LogP contribution in [0.25, 0.3) is 0 Å². The summed E-state index contributed by atoms with van der Waals surface area (Å²) in [6, 6.07) is 4.01. The van der Waals surface area contributed by atoms with Gasteiger partial charge in [-0.2, -0.15) is 13.2 Å². The minimum absolute atomic E-state index is 0.00607. The molecule has 1 unspecified atom stereocenters. The van der Waals surface area contributed by atoms with Crippen LogP contribution in [0.4, 0.5) is 13.2 Å². The second-order valence-corrected chi connectivity index (χ2v) is 9.04. The molecule has 1 heterocycles. The Morgan fingerprint density at radius 1 is 1.32 bits per heavy atom. The van der Waals surface area contributed by atoms with E-state index in [1.54, 1.807) is 0 Å². The van der Waals surface area contributed by atoms with Crippen LogP contribution in [0.15, 0.2) is 27.6 Å². The maximum atomic E-state index is 12.9. The molecule has 1 aromatic rings. The summed E-state index contributed by atoms with van der Waals surface area (Å²) < 4.78 is 64.6. The third kappa shape index (κ3) is 4.35. The zero-order valence-corrected chi connectivity index (χ0v) is 16.1. The Morgan fingerprint density at radius 3 is 2.52 bits per heavy atom. The lowest BCUT2D eigenvalue weighted by atomic mass is 9.97. The fourth-order valence-electron chi connectivity index (χ4n) is 2.64. The number of carbonyl (C=O) groups excluding carboxylic acids is 1. The summed E-state index contributed by atoms with van der Waals surface area (Å²) in [5, 5.41) is 0. The largest absolute Gasteiger partial charge is 0.393 e. The summed E-state index contributed by atoms with van der Waals surface area (Å²) in [6.07, 6.45) is -4.10. The van der Waals surface area contributed by atoms with E-state index in [2.05, 4.69) is 15.9 Å². The van der Waals surface area contributed by atoms with E-state index in [1.165, 1.54) is 32.3 Å². The van der Waals surface area contributed by atoms with Crippen molar-refractivity contribution in [3.05, 3.63) is 28.2 Å². The number of piperidine rings is 1. The second-order valence-electron chi connectivity index (χ2n) is 6.06. The molecule has 0 spiro atoms. The molecule has 1 aromatic carbocycles. The van der Waals surface area contributed by atoms with Gasteiger partial charge in [-0.3, -0.25) is 4.79 Å². The lowest BCUT2D eigenvalue weighted by molar-refractivity contribution is -0.184. The first-order valence-electron chi connectivity index (χ1n) is 7.52. The van der Waals surface area contributed by atoms with Gasteiger partial charge < -0.3 is 4.90 Å². The molecule has 0 aliphatic carbocycles.